The second-order valence-corrected chi connectivity index (χ2v) is 8.83. The second kappa shape index (κ2) is 8.52. The van der Waals surface area contributed by atoms with Crippen molar-refractivity contribution in [3.05, 3.63) is 58.2 Å². The zero-order chi connectivity index (χ0) is 21.2. The molecule has 1 aromatic carbocycles. The molecule has 0 fully saturated rings. The molecule has 0 radical (unpaired) electrons. The van der Waals surface area contributed by atoms with Crippen LogP contribution in [0.5, 0.6) is 0 Å². The third kappa shape index (κ3) is 4.60. The summed E-state index contributed by atoms with van der Waals surface area (Å²) in [4.78, 5) is 26.1. The van der Waals surface area contributed by atoms with E-state index in [1.54, 1.807) is 12.1 Å². The molecule has 1 N–H and O–H groups in total. The first-order valence-electron chi connectivity index (χ1n) is 10.4. The number of carbonyl (C=O) groups excluding carboxylic acids is 2. The molecule has 5 heteroatoms. The van der Waals surface area contributed by atoms with E-state index in [1.807, 2.05) is 6.92 Å². The topological polar surface area (TPSA) is 55.4 Å². The van der Waals surface area contributed by atoms with Crippen LogP contribution in [0.2, 0.25) is 0 Å². The van der Waals surface area contributed by atoms with E-state index in [2.05, 4.69) is 26.1 Å². The standard InChI is InChI=1S/C24H30FNO3/c1-5-6-7-11-29-23(28)20-15(2)26-18-13-24(3,4)14-19(27)22(18)21(20)16-9-8-10-17(25)12-16/h8-10,12,21,26H,5-7,11,13-14H2,1-4H3. The van der Waals surface area contributed by atoms with Gasteiger partial charge in [0.1, 0.15) is 5.82 Å². The molecule has 1 atom stereocenters. The Morgan fingerprint density at radius 2 is 2.03 bits per heavy atom. The monoisotopic (exact) mass is 399 g/mol. The molecular formula is C24H30FNO3. The Hall–Kier alpha value is -2.43. The Morgan fingerprint density at radius 1 is 1.28 bits per heavy atom. The Bertz CT molecular complexity index is 882. The molecule has 1 unspecified atom stereocenters. The molecule has 0 amide bonds. The third-order valence-electron chi connectivity index (χ3n) is 5.62. The highest BCUT2D eigenvalue weighted by Gasteiger charge is 2.43. The molecular weight excluding hydrogens is 369 g/mol. The van der Waals surface area contributed by atoms with Crippen molar-refractivity contribution >= 4 is 11.8 Å². The number of hydrogen-bond acceptors (Lipinski definition) is 4. The normalized spacial score (nSPS) is 21.0. The number of esters is 1. The lowest BCUT2D eigenvalue weighted by Crippen LogP contribution is -2.38. The highest BCUT2D eigenvalue weighted by atomic mass is 19.1. The van der Waals surface area contributed by atoms with Gasteiger partial charge in [0.15, 0.2) is 5.78 Å². The molecule has 1 aliphatic heterocycles. The molecule has 2 aliphatic rings. The average Bonchev–Trinajstić information content (AvgIpc) is 2.63. The minimum atomic E-state index is -0.607. The summed E-state index contributed by atoms with van der Waals surface area (Å²) in [5.74, 6) is -1.43. The molecule has 29 heavy (non-hydrogen) atoms. The summed E-state index contributed by atoms with van der Waals surface area (Å²) in [6, 6.07) is 6.16. The lowest BCUT2D eigenvalue weighted by molar-refractivity contribution is -0.139. The van der Waals surface area contributed by atoms with Crippen molar-refractivity contribution in [1.82, 2.24) is 5.32 Å². The summed E-state index contributed by atoms with van der Waals surface area (Å²) in [5.41, 5.74) is 2.92. The molecule has 0 aromatic heterocycles. The third-order valence-corrected chi connectivity index (χ3v) is 5.62. The van der Waals surface area contributed by atoms with E-state index in [1.165, 1.54) is 12.1 Å². The summed E-state index contributed by atoms with van der Waals surface area (Å²) in [6.07, 6.45) is 3.92. The molecule has 156 valence electrons. The van der Waals surface area contributed by atoms with E-state index in [0.717, 1.165) is 25.0 Å². The summed E-state index contributed by atoms with van der Waals surface area (Å²) >= 11 is 0. The van der Waals surface area contributed by atoms with Crippen molar-refractivity contribution in [3.8, 4) is 0 Å². The van der Waals surface area contributed by atoms with Crippen LogP contribution in [0.1, 0.15) is 71.3 Å². The van der Waals surface area contributed by atoms with Gasteiger partial charge in [-0.2, -0.15) is 0 Å². The Labute approximate surface area is 172 Å². The Morgan fingerprint density at radius 3 is 2.72 bits per heavy atom. The van der Waals surface area contributed by atoms with Crippen LogP contribution in [0.15, 0.2) is 46.8 Å². The number of rotatable bonds is 6. The van der Waals surface area contributed by atoms with Crippen LogP contribution in [0.3, 0.4) is 0 Å². The quantitative estimate of drug-likeness (QED) is 0.530. The minimum Gasteiger partial charge on any atom is -0.462 e. The van der Waals surface area contributed by atoms with Gasteiger partial charge in [-0.1, -0.05) is 45.7 Å². The summed E-state index contributed by atoms with van der Waals surface area (Å²) in [7, 11) is 0. The van der Waals surface area contributed by atoms with Gasteiger partial charge in [0, 0.05) is 29.3 Å². The number of halogens is 1. The van der Waals surface area contributed by atoms with Crippen molar-refractivity contribution in [1.29, 1.82) is 0 Å². The van der Waals surface area contributed by atoms with E-state index < -0.39 is 11.9 Å². The van der Waals surface area contributed by atoms with Gasteiger partial charge in [0.2, 0.25) is 0 Å². The molecule has 1 aliphatic carbocycles. The number of carbonyl (C=O) groups is 2. The molecule has 4 nitrogen and oxygen atoms in total. The smallest absolute Gasteiger partial charge is 0.336 e. The lowest BCUT2D eigenvalue weighted by Gasteiger charge is -2.39. The van der Waals surface area contributed by atoms with E-state index in [9.17, 15) is 14.0 Å². The van der Waals surface area contributed by atoms with E-state index in [-0.39, 0.29) is 17.0 Å². The number of hydrogen-bond donors (Lipinski definition) is 1. The van der Waals surface area contributed by atoms with Crippen LogP contribution in [0.25, 0.3) is 0 Å². The van der Waals surface area contributed by atoms with Crippen LogP contribution < -0.4 is 5.32 Å². The highest BCUT2D eigenvalue weighted by molar-refractivity contribution is 6.04. The molecule has 0 saturated heterocycles. The first-order valence-corrected chi connectivity index (χ1v) is 10.4. The van der Waals surface area contributed by atoms with Crippen LogP contribution in [0, 0.1) is 11.2 Å². The SMILES string of the molecule is CCCCCOC(=O)C1=C(C)NC2=C(C(=O)CC(C)(C)C2)C1c1cccc(F)c1. The summed E-state index contributed by atoms with van der Waals surface area (Å²) < 4.78 is 19.6. The van der Waals surface area contributed by atoms with Crippen LogP contribution in [-0.2, 0) is 14.3 Å². The van der Waals surface area contributed by atoms with Crippen molar-refractivity contribution in [2.75, 3.05) is 6.61 Å². The number of dihydropyridines is 1. The highest BCUT2D eigenvalue weighted by Crippen LogP contribution is 2.46. The molecule has 1 aromatic rings. The van der Waals surface area contributed by atoms with Crippen LogP contribution >= 0.6 is 0 Å². The average molecular weight is 400 g/mol. The van der Waals surface area contributed by atoms with E-state index in [0.29, 0.717) is 41.9 Å². The van der Waals surface area contributed by atoms with Crippen LogP contribution in [-0.4, -0.2) is 18.4 Å². The fraction of sp³-hybridized carbons (Fsp3) is 0.500. The van der Waals surface area contributed by atoms with Gasteiger partial charge in [-0.3, -0.25) is 4.79 Å². The van der Waals surface area contributed by atoms with Gasteiger partial charge >= 0.3 is 5.97 Å². The van der Waals surface area contributed by atoms with Crippen molar-refractivity contribution < 1.29 is 18.7 Å². The molecule has 0 bridgehead atoms. The predicted molar refractivity (Wildman–Crippen MR) is 111 cm³/mol. The molecule has 1 heterocycles. The maximum atomic E-state index is 14.0. The zero-order valence-corrected chi connectivity index (χ0v) is 17.7. The number of Topliss-reactive ketones (excluding diaryl/α,β-unsaturated/α-hetero) is 1. The first-order chi connectivity index (χ1) is 13.7. The minimum absolute atomic E-state index is 0.00166. The lowest BCUT2D eigenvalue weighted by atomic mass is 9.68. The van der Waals surface area contributed by atoms with Gasteiger partial charge in [-0.25, -0.2) is 9.18 Å². The van der Waals surface area contributed by atoms with E-state index >= 15 is 0 Å². The molecule has 3 rings (SSSR count). The second-order valence-electron chi connectivity index (χ2n) is 8.83. The van der Waals surface area contributed by atoms with Gasteiger partial charge in [0.05, 0.1) is 12.2 Å². The number of benzene rings is 1. The number of nitrogens with one attached hydrogen (secondary N) is 1. The number of allylic oxidation sites excluding steroid dienone is 3. The number of ether oxygens (including phenoxy) is 1. The van der Waals surface area contributed by atoms with Gasteiger partial charge in [0.25, 0.3) is 0 Å². The maximum Gasteiger partial charge on any atom is 0.336 e. The fourth-order valence-electron chi connectivity index (χ4n) is 4.32. The zero-order valence-electron chi connectivity index (χ0n) is 17.7. The molecule has 0 spiro atoms. The summed E-state index contributed by atoms with van der Waals surface area (Å²) in [5, 5.41) is 3.30. The van der Waals surface area contributed by atoms with E-state index in [4.69, 9.17) is 4.74 Å². The van der Waals surface area contributed by atoms with Gasteiger partial charge in [-0.15, -0.1) is 0 Å². The van der Waals surface area contributed by atoms with Crippen molar-refractivity contribution in [2.45, 2.75) is 65.7 Å². The van der Waals surface area contributed by atoms with Crippen LogP contribution in [0.4, 0.5) is 4.39 Å². The number of ketones is 1. The summed E-state index contributed by atoms with van der Waals surface area (Å²) in [6.45, 7) is 8.37. The molecule has 0 saturated carbocycles. The maximum absolute atomic E-state index is 14.0. The van der Waals surface area contributed by atoms with Gasteiger partial charge < -0.3 is 10.1 Å². The largest absolute Gasteiger partial charge is 0.462 e. The number of unbranched alkanes of at least 4 members (excludes halogenated alkanes) is 2. The fourth-order valence-corrected chi connectivity index (χ4v) is 4.32. The Kier molecular flexibility index (Phi) is 6.25. The van der Waals surface area contributed by atoms with Crippen molar-refractivity contribution in [3.63, 3.8) is 0 Å². The Balaban J connectivity index is 2.03. The first kappa shape index (κ1) is 21.3. The van der Waals surface area contributed by atoms with Crippen molar-refractivity contribution in [2.24, 2.45) is 5.41 Å². The predicted octanol–water partition coefficient (Wildman–Crippen LogP) is 5.16. The van der Waals surface area contributed by atoms with Gasteiger partial charge in [-0.05, 0) is 42.9 Å².